The molecule has 0 bridgehead atoms. The Labute approximate surface area is 102 Å². The van der Waals surface area contributed by atoms with Crippen molar-refractivity contribution in [3.05, 3.63) is 0 Å². The van der Waals surface area contributed by atoms with Crippen LogP contribution in [0, 0.1) is 23.7 Å². The summed E-state index contributed by atoms with van der Waals surface area (Å²) in [5, 5.41) is 3.28. The fourth-order valence-corrected chi connectivity index (χ4v) is 3.65. The van der Waals surface area contributed by atoms with E-state index >= 15 is 0 Å². The molecule has 3 rings (SSSR count). The van der Waals surface area contributed by atoms with E-state index < -0.39 is 0 Å². The Balaban J connectivity index is 1.70. The molecule has 2 saturated heterocycles. The molecule has 3 atom stereocenters. The summed E-state index contributed by atoms with van der Waals surface area (Å²) in [6.07, 6.45) is 2.91. The average molecular weight is 236 g/mol. The van der Waals surface area contributed by atoms with E-state index in [4.69, 9.17) is 0 Å². The van der Waals surface area contributed by atoms with Crippen molar-refractivity contribution in [2.75, 3.05) is 19.6 Å². The lowest BCUT2D eigenvalue weighted by Gasteiger charge is -2.20. The van der Waals surface area contributed by atoms with Gasteiger partial charge in [0.15, 0.2) is 0 Å². The first kappa shape index (κ1) is 11.2. The van der Waals surface area contributed by atoms with Gasteiger partial charge in [-0.05, 0) is 44.2 Å². The summed E-state index contributed by atoms with van der Waals surface area (Å²) in [6.45, 7) is 4.75. The Kier molecular flexibility index (Phi) is 2.69. The second-order valence-electron chi connectivity index (χ2n) is 5.94. The van der Waals surface area contributed by atoms with E-state index in [9.17, 15) is 9.59 Å². The number of carbonyl (C=O) groups is 2. The zero-order chi connectivity index (χ0) is 12.0. The number of imide groups is 1. The first-order valence-electron chi connectivity index (χ1n) is 6.72. The molecule has 3 unspecified atom stereocenters. The fourth-order valence-electron chi connectivity index (χ4n) is 3.65. The lowest BCUT2D eigenvalue weighted by molar-refractivity contribution is -0.141. The average Bonchev–Trinajstić information content (AvgIpc) is 2.96. The van der Waals surface area contributed by atoms with E-state index in [-0.39, 0.29) is 23.7 Å². The lowest BCUT2D eigenvalue weighted by atomic mass is 10.00. The molecule has 2 heterocycles. The number of hydrogen-bond acceptors (Lipinski definition) is 3. The highest BCUT2D eigenvalue weighted by atomic mass is 16.2. The largest absolute Gasteiger partial charge is 0.316 e. The molecule has 2 amide bonds. The molecule has 3 aliphatic rings. The molecule has 4 nitrogen and oxygen atoms in total. The van der Waals surface area contributed by atoms with Gasteiger partial charge in [-0.3, -0.25) is 14.5 Å². The lowest BCUT2D eigenvalue weighted by Crippen LogP contribution is -2.37. The third kappa shape index (κ3) is 1.79. The number of hydrogen-bond donors (Lipinski definition) is 1. The van der Waals surface area contributed by atoms with Crippen molar-refractivity contribution in [2.24, 2.45) is 23.7 Å². The third-order valence-electron chi connectivity index (χ3n) is 4.57. The van der Waals surface area contributed by atoms with Crippen LogP contribution in [-0.4, -0.2) is 36.3 Å². The van der Waals surface area contributed by atoms with Crippen molar-refractivity contribution >= 4 is 11.8 Å². The summed E-state index contributed by atoms with van der Waals surface area (Å²) in [4.78, 5) is 26.0. The predicted molar refractivity (Wildman–Crippen MR) is 63.1 cm³/mol. The number of likely N-dealkylation sites (tertiary alicyclic amines) is 1. The standard InChI is InChI=1S/C13H20N2O2/c1-8-4-10-11(5-8)13(17)15(12(10)16)7-9-2-3-14-6-9/h8-11,14H,2-7H2,1H3. The molecule has 17 heavy (non-hydrogen) atoms. The molecular formula is C13H20N2O2. The SMILES string of the molecule is CC1CC2C(=O)N(CC3CCNC3)C(=O)C2C1. The number of carbonyl (C=O) groups excluding carboxylic acids is 2. The zero-order valence-electron chi connectivity index (χ0n) is 10.3. The Morgan fingerprint density at radius 3 is 2.41 bits per heavy atom. The van der Waals surface area contributed by atoms with Crippen LogP contribution in [0.15, 0.2) is 0 Å². The van der Waals surface area contributed by atoms with Crippen LogP contribution in [0.3, 0.4) is 0 Å². The second-order valence-corrected chi connectivity index (χ2v) is 5.94. The van der Waals surface area contributed by atoms with Crippen molar-refractivity contribution < 1.29 is 9.59 Å². The monoisotopic (exact) mass is 236 g/mol. The topological polar surface area (TPSA) is 49.4 Å². The molecule has 4 heteroatoms. The molecule has 0 radical (unpaired) electrons. The molecule has 2 aliphatic heterocycles. The van der Waals surface area contributed by atoms with E-state index in [1.165, 1.54) is 0 Å². The summed E-state index contributed by atoms with van der Waals surface area (Å²) >= 11 is 0. The molecule has 1 aliphatic carbocycles. The summed E-state index contributed by atoms with van der Waals surface area (Å²) in [7, 11) is 0. The maximum absolute atomic E-state index is 12.2. The summed E-state index contributed by atoms with van der Waals surface area (Å²) in [6, 6.07) is 0. The molecule has 0 spiro atoms. The molecule has 0 aromatic carbocycles. The minimum Gasteiger partial charge on any atom is -0.316 e. The first-order valence-corrected chi connectivity index (χ1v) is 6.72. The highest BCUT2D eigenvalue weighted by Gasteiger charge is 2.51. The molecule has 0 aromatic heterocycles. The van der Waals surface area contributed by atoms with Gasteiger partial charge in [0.25, 0.3) is 0 Å². The van der Waals surface area contributed by atoms with Crippen LogP contribution in [0.5, 0.6) is 0 Å². The number of amides is 2. The molecular weight excluding hydrogens is 216 g/mol. The molecule has 94 valence electrons. The van der Waals surface area contributed by atoms with Crippen LogP contribution in [-0.2, 0) is 9.59 Å². The summed E-state index contributed by atoms with van der Waals surface area (Å²) < 4.78 is 0. The maximum atomic E-state index is 12.2. The van der Waals surface area contributed by atoms with Crippen molar-refractivity contribution in [1.29, 1.82) is 0 Å². The van der Waals surface area contributed by atoms with Crippen LogP contribution in [0.25, 0.3) is 0 Å². The normalized spacial score (nSPS) is 41.4. The van der Waals surface area contributed by atoms with Crippen LogP contribution in [0.1, 0.15) is 26.2 Å². The third-order valence-corrected chi connectivity index (χ3v) is 4.57. The van der Waals surface area contributed by atoms with Gasteiger partial charge in [-0.25, -0.2) is 0 Å². The zero-order valence-corrected chi connectivity index (χ0v) is 10.3. The minimum atomic E-state index is 0.00635. The Hall–Kier alpha value is -0.900. The minimum absolute atomic E-state index is 0.00635. The van der Waals surface area contributed by atoms with Crippen LogP contribution >= 0.6 is 0 Å². The van der Waals surface area contributed by atoms with Crippen LogP contribution in [0.2, 0.25) is 0 Å². The van der Waals surface area contributed by atoms with Gasteiger partial charge >= 0.3 is 0 Å². The maximum Gasteiger partial charge on any atom is 0.233 e. The van der Waals surface area contributed by atoms with Crippen molar-refractivity contribution in [2.45, 2.75) is 26.2 Å². The summed E-state index contributed by atoms with van der Waals surface area (Å²) in [5.74, 6) is 1.23. The van der Waals surface area contributed by atoms with Crippen LogP contribution in [0.4, 0.5) is 0 Å². The van der Waals surface area contributed by atoms with Gasteiger partial charge < -0.3 is 5.32 Å². The van der Waals surface area contributed by atoms with Crippen molar-refractivity contribution in [1.82, 2.24) is 10.2 Å². The van der Waals surface area contributed by atoms with E-state index in [2.05, 4.69) is 12.2 Å². The molecule has 1 N–H and O–H groups in total. The van der Waals surface area contributed by atoms with Crippen LogP contribution < -0.4 is 5.32 Å². The number of rotatable bonds is 2. The van der Waals surface area contributed by atoms with Gasteiger partial charge in [-0.2, -0.15) is 0 Å². The first-order chi connectivity index (χ1) is 8.16. The number of fused-ring (bicyclic) bond motifs is 1. The predicted octanol–water partition coefficient (Wildman–Crippen LogP) is 0.627. The molecule has 0 aromatic rings. The van der Waals surface area contributed by atoms with Gasteiger partial charge in [0.05, 0.1) is 11.8 Å². The van der Waals surface area contributed by atoms with Gasteiger partial charge in [0.1, 0.15) is 0 Å². The summed E-state index contributed by atoms with van der Waals surface area (Å²) in [5.41, 5.74) is 0. The van der Waals surface area contributed by atoms with E-state index in [0.29, 0.717) is 18.4 Å². The molecule has 3 fully saturated rings. The van der Waals surface area contributed by atoms with Gasteiger partial charge in [-0.1, -0.05) is 6.92 Å². The van der Waals surface area contributed by atoms with E-state index in [1.54, 1.807) is 4.90 Å². The van der Waals surface area contributed by atoms with Gasteiger partial charge in [0.2, 0.25) is 11.8 Å². The highest BCUT2D eigenvalue weighted by molar-refractivity contribution is 6.05. The van der Waals surface area contributed by atoms with E-state index in [1.807, 2.05) is 0 Å². The van der Waals surface area contributed by atoms with E-state index in [0.717, 1.165) is 32.4 Å². The molecule has 1 saturated carbocycles. The smallest absolute Gasteiger partial charge is 0.233 e. The Morgan fingerprint density at radius 2 is 1.88 bits per heavy atom. The van der Waals surface area contributed by atoms with Crippen molar-refractivity contribution in [3.63, 3.8) is 0 Å². The fraction of sp³-hybridized carbons (Fsp3) is 0.846. The highest BCUT2D eigenvalue weighted by Crippen LogP contribution is 2.43. The quantitative estimate of drug-likeness (QED) is 0.715. The Morgan fingerprint density at radius 1 is 1.24 bits per heavy atom. The number of nitrogens with one attached hydrogen (secondary N) is 1. The van der Waals surface area contributed by atoms with Crippen molar-refractivity contribution in [3.8, 4) is 0 Å². The van der Waals surface area contributed by atoms with Gasteiger partial charge in [0, 0.05) is 6.54 Å². The number of nitrogens with zero attached hydrogens (tertiary/aromatic N) is 1. The Bertz CT molecular complexity index is 325. The second kappa shape index (κ2) is 4.09. The van der Waals surface area contributed by atoms with Gasteiger partial charge in [-0.15, -0.1) is 0 Å².